The smallest absolute Gasteiger partial charge is 0.259 e. The molecule has 0 bridgehead atoms. The van der Waals surface area contributed by atoms with Crippen LogP contribution in [0.1, 0.15) is 23.0 Å². The second-order valence-corrected chi connectivity index (χ2v) is 4.39. The topological polar surface area (TPSA) is 76.1 Å². The van der Waals surface area contributed by atoms with E-state index in [1.807, 2.05) is 19.9 Å². The van der Waals surface area contributed by atoms with Gasteiger partial charge >= 0.3 is 0 Å². The molecule has 0 radical (unpaired) electrons. The highest BCUT2D eigenvalue weighted by atomic mass is 16.5. The van der Waals surface area contributed by atoms with Gasteiger partial charge in [-0.1, -0.05) is 0 Å². The SMILES string of the molecule is CCOc1ccc(NC(=O)c2cnc(C)cc2NC)cn1. The number of ether oxygens (including phenoxy) is 1. The van der Waals surface area contributed by atoms with Crippen LogP contribution < -0.4 is 15.4 Å². The molecule has 2 N–H and O–H groups in total. The number of nitrogens with one attached hydrogen (secondary N) is 2. The van der Waals surface area contributed by atoms with Gasteiger partial charge < -0.3 is 15.4 Å². The first-order valence-electron chi connectivity index (χ1n) is 6.68. The highest BCUT2D eigenvalue weighted by Crippen LogP contribution is 2.18. The lowest BCUT2D eigenvalue weighted by Crippen LogP contribution is -2.15. The lowest BCUT2D eigenvalue weighted by atomic mass is 10.2. The molecule has 2 rings (SSSR count). The van der Waals surface area contributed by atoms with Crippen LogP contribution in [0.5, 0.6) is 5.88 Å². The highest BCUT2D eigenvalue weighted by molar-refractivity contribution is 6.07. The van der Waals surface area contributed by atoms with Crippen LogP contribution in [0, 0.1) is 6.92 Å². The number of pyridine rings is 2. The van der Waals surface area contributed by atoms with Crippen LogP contribution in [0.2, 0.25) is 0 Å². The maximum Gasteiger partial charge on any atom is 0.259 e. The maximum absolute atomic E-state index is 12.3. The van der Waals surface area contributed by atoms with Crippen molar-refractivity contribution in [1.82, 2.24) is 9.97 Å². The fourth-order valence-corrected chi connectivity index (χ4v) is 1.83. The molecular weight excluding hydrogens is 268 g/mol. The van der Waals surface area contributed by atoms with Crippen LogP contribution >= 0.6 is 0 Å². The van der Waals surface area contributed by atoms with Gasteiger partial charge in [0.1, 0.15) is 0 Å². The molecule has 110 valence electrons. The summed E-state index contributed by atoms with van der Waals surface area (Å²) in [6.45, 7) is 4.32. The van der Waals surface area contributed by atoms with Crippen LogP contribution in [-0.4, -0.2) is 29.5 Å². The summed E-state index contributed by atoms with van der Waals surface area (Å²) in [6, 6.07) is 5.29. The predicted molar refractivity (Wildman–Crippen MR) is 81.9 cm³/mol. The van der Waals surface area contributed by atoms with E-state index in [0.29, 0.717) is 23.7 Å². The number of carbonyl (C=O) groups is 1. The first kappa shape index (κ1) is 14.8. The first-order valence-corrected chi connectivity index (χ1v) is 6.68. The lowest BCUT2D eigenvalue weighted by Gasteiger charge is -2.10. The number of anilines is 2. The van der Waals surface area contributed by atoms with Crippen molar-refractivity contribution in [1.29, 1.82) is 0 Å². The van der Waals surface area contributed by atoms with Crippen LogP contribution in [-0.2, 0) is 0 Å². The second kappa shape index (κ2) is 6.69. The summed E-state index contributed by atoms with van der Waals surface area (Å²) < 4.78 is 5.26. The summed E-state index contributed by atoms with van der Waals surface area (Å²) in [6.07, 6.45) is 3.11. The molecule has 21 heavy (non-hydrogen) atoms. The summed E-state index contributed by atoms with van der Waals surface area (Å²) in [5, 5.41) is 5.78. The van der Waals surface area contributed by atoms with Crippen LogP contribution in [0.3, 0.4) is 0 Å². The molecule has 2 aromatic rings. The minimum absolute atomic E-state index is 0.238. The van der Waals surface area contributed by atoms with Gasteiger partial charge in [-0.15, -0.1) is 0 Å². The van der Waals surface area contributed by atoms with Gasteiger partial charge in [-0.3, -0.25) is 9.78 Å². The van der Waals surface area contributed by atoms with Crippen molar-refractivity contribution in [3.8, 4) is 5.88 Å². The summed E-state index contributed by atoms with van der Waals surface area (Å²) in [7, 11) is 1.77. The molecule has 2 aromatic heterocycles. The van der Waals surface area contributed by atoms with Crippen LogP contribution in [0.25, 0.3) is 0 Å². The molecule has 0 aliphatic carbocycles. The average molecular weight is 286 g/mol. The summed E-state index contributed by atoms with van der Waals surface area (Å²) in [4.78, 5) is 20.5. The van der Waals surface area contributed by atoms with Crippen molar-refractivity contribution in [2.45, 2.75) is 13.8 Å². The van der Waals surface area contributed by atoms with E-state index in [0.717, 1.165) is 11.4 Å². The Bertz CT molecular complexity index is 626. The molecule has 6 nitrogen and oxygen atoms in total. The Hall–Kier alpha value is -2.63. The van der Waals surface area contributed by atoms with E-state index in [2.05, 4.69) is 20.6 Å². The molecule has 0 atom stereocenters. The number of amides is 1. The predicted octanol–water partition coefficient (Wildman–Crippen LogP) is 2.48. The molecule has 0 saturated carbocycles. The first-order chi connectivity index (χ1) is 10.1. The number of hydrogen-bond acceptors (Lipinski definition) is 5. The van der Waals surface area contributed by atoms with Gasteiger partial charge in [-0.25, -0.2) is 4.98 Å². The molecule has 0 fully saturated rings. The van der Waals surface area contributed by atoms with Gasteiger partial charge in [0, 0.05) is 25.0 Å². The van der Waals surface area contributed by atoms with Gasteiger partial charge in [0.2, 0.25) is 5.88 Å². The molecular formula is C15H18N4O2. The summed E-state index contributed by atoms with van der Waals surface area (Å²) in [5.41, 5.74) is 2.67. The minimum Gasteiger partial charge on any atom is -0.478 e. The molecule has 1 amide bonds. The van der Waals surface area contributed by atoms with Gasteiger partial charge in [0.25, 0.3) is 5.91 Å². The van der Waals surface area contributed by atoms with Crippen LogP contribution in [0.4, 0.5) is 11.4 Å². The van der Waals surface area contributed by atoms with Crippen molar-refractivity contribution in [3.63, 3.8) is 0 Å². The zero-order valence-electron chi connectivity index (χ0n) is 12.3. The third-order valence-corrected chi connectivity index (χ3v) is 2.84. The average Bonchev–Trinajstić information content (AvgIpc) is 2.49. The Balaban J connectivity index is 2.14. The monoisotopic (exact) mass is 286 g/mol. The Kier molecular flexibility index (Phi) is 4.71. The minimum atomic E-state index is -0.238. The molecule has 6 heteroatoms. The molecule has 0 aromatic carbocycles. The fraction of sp³-hybridized carbons (Fsp3) is 0.267. The number of nitrogens with zero attached hydrogens (tertiary/aromatic N) is 2. The van der Waals surface area contributed by atoms with Gasteiger partial charge in [0.05, 0.1) is 29.7 Å². The Morgan fingerprint density at radius 1 is 1.29 bits per heavy atom. The lowest BCUT2D eigenvalue weighted by molar-refractivity contribution is 0.102. The fourth-order valence-electron chi connectivity index (χ4n) is 1.83. The van der Waals surface area contributed by atoms with Crippen molar-refractivity contribution in [2.75, 3.05) is 24.3 Å². The van der Waals surface area contributed by atoms with Gasteiger partial charge in [-0.2, -0.15) is 0 Å². The van der Waals surface area contributed by atoms with E-state index in [1.54, 1.807) is 31.6 Å². The molecule has 0 aliphatic heterocycles. The van der Waals surface area contributed by atoms with Crippen LogP contribution in [0.15, 0.2) is 30.6 Å². The zero-order valence-corrected chi connectivity index (χ0v) is 12.3. The quantitative estimate of drug-likeness (QED) is 0.883. The van der Waals surface area contributed by atoms with Crippen molar-refractivity contribution < 1.29 is 9.53 Å². The normalized spacial score (nSPS) is 10.0. The molecule has 0 spiro atoms. The maximum atomic E-state index is 12.3. The Labute approximate surface area is 123 Å². The number of rotatable bonds is 5. The summed E-state index contributed by atoms with van der Waals surface area (Å²) in [5.74, 6) is 0.293. The highest BCUT2D eigenvalue weighted by Gasteiger charge is 2.12. The molecule has 0 saturated heterocycles. The zero-order chi connectivity index (χ0) is 15.2. The van der Waals surface area contributed by atoms with Gasteiger partial charge in [0.15, 0.2) is 0 Å². The Morgan fingerprint density at radius 3 is 2.71 bits per heavy atom. The van der Waals surface area contributed by atoms with E-state index in [4.69, 9.17) is 4.74 Å². The summed E-state index contributed by atoms with van der Waals surface area (Å²) >= 11 is 0. The van der Waals surface area contributed by atoms with Crippen molar-refractivity contribution in [3.05, 3.63) is 41.9 Å². The van der Waals surface area contributed by atoms with Crippen molar-refractivity contribution in [2.24, 2.45) is 0 Å². The van der Waals surface area contributed by atoms with Crippen molar-refractivity contribution >= 4 is 17.3 Å². The number of aryl methyl sites for hydroxylation is 1. The van der Waals surface area contributed by atoms with E-state index >= 15 is 0 Å². The van der Waals surface area contributed by atoms with E-state index in [-0.39, 0.29) is 5.91 Å². The van der Waals surface area contributed by atoms with E-state index < -0.39 is 0 Å². The second-order valence-electron chi connectivity index (χ2n) is 4.39. The number of carbonyl (C=O) groups excluding carboxylic acids is 1. The van der Waals surface area contributed by atoms with E-state index in [9.17, 15) is 4.79 Å². The third-order valence-electron chi connectivity index (χ3n) is 2.84. The van der Waals surface area contributed by atoms with Gasteiger partial charge in [-0.05, 0) is 26.0 Å². The number of aromatic nitrogens is 2. The Morgan fingerprint density at radius 2 is 2.10 bits per heavy atom. The largest absolute Gasteiger partial charge is 0.478 e. The third kappa shape index (κ3) is 3.68. The molecule has 0 aliphatic rings. The van der Waals surface area contributed by atoms with E-state index in [1.165, 1.54) is 0 Å². The molecule has 2 heterocycles. The molecule has 0 unspecified atom stereocenters. The standard InChI is InChI=1S/C15H18N4O2/c1-4-21-14-6-5-11(8-18-14)19-15(20)12-9-17-10(2)7-13(12)16-3/h5-9H,4H2,1-3H3,(H,16,17)(H,19,20). The number of hydrogen-bond donors (Lipinski definition) is 2.